The van der Waals surface area contributed by atoms with E-state index in [1.807, 2.05) is 29.5 Å². The molecule has 0 saturated carbocycles. The zero-order valence-electron chi connectivity index (χ0n) is 12.1. The number of carbonyl (C=O) groups is 1. The molecule has 10 heteroatoms. The number of fused-ring (bicyclic) bond motifs is 1. The first-order chi connectivity index (χ1) is 11.2. The van der Waals surface area contributed by atoms with Gasteiger partial charge in [-0.05, 0) is 47.7 Å². The molecule has 3 rings (SSSR count). The summed E-state index contributed by atoms with van der Waals surface area (Å²) in [6.45, 7) is 2.23. The maximum Gasteiger partial charge on any atom is 0.573 e. The first kappa shape index (κ1) is 17.3. The van der Waals surface area contributed by atoms with Crippen molar-refractivity contribution >= 4 is 45.8 Å². The number of anilines is 1. The molecule has 0 radical (unpaired) electrons. The molecule has 1 atom stereocenters. The SMILES string of the molecule is C[C@H]1CN(c2ccc(OC(F)(F)F)c(Cl)c2)C(=O)c2c(I)cnn21. The van der Waals surface area contributed by atoms with E-state index in [0.717, 1.165) is 6.07 Å². The fourth-order valence-electron chi connectivity index (χ4n) is 2.52. The van der Waals surface area contributed by atoms with Crippen LogP contribution in [-0.2, 0) is 0 Å². The summed E-state index contributed by atoms with van der Waals surface area (Å²) >= 11 is 7.88. The number of aromatic nitrogens is 2. The van der Waals surface area contributed by atoms with E-state index in [4.69, 9.17) is 11.6 Å². The molecule has 1 aliphatic rings. The summed E-state index contributed by atoms with van der Waals surface area (Å²) in [4.78, 5) is 14.1. The molecule has 0 spiro atoms. The Morgan fingerprint density at radius 2 is 2.12 bits per heavy atom. The number of benzene rings is 1. The lowest BCUT2D eigenvalue weighted by Gasteiger charge is -2.32. The molecule has 0 aliphatic carbocycles. The predicted octanol–water partition coefficient (Wildman–Crippen LogP) is 4.26. The van der Waals surface area contributed by atoms with E-state index in [9.17, 15) is 18.0 Å². The van der Waals surface area contributed by atoms with Crippen molar-refractivity contribution in [3.63, 3.8) is 0 Å². The Hall–Kier alpha value is -1.49. The van der Waals surface area contributed by atoms with Crippen LogP contribution in [0.15, 0.2) is 24.4 Å². The molecule has 2 aromatic rings. The summed E-state index contributed by atoms with van der Waals surface area (Å²) in [5.41, 5.74) is 0.843. The minimum Gasteiger partial charge on any atom is -0.404 e. The fourth-order valence-corrected chi connectivity index (χ4v) is 3.33. The Labute approximate surface area is 153 Å². The van der Waals surface area contributed by atoms with E-state index in [1.165, 1.54) is 17.0 Å². The molecule has 2 heterocycles. The molecule has 1 amide bonds. The number of halogens is 5. The van der Waals surface area contributed by atoms with Gasteiger partial charge in [0.2, 0.25) is 0 Å². The third-order valence-electron chi connectivity index (χ3n) is 3.52. The second-order valence-corrected chi connectivity index (χ2v) is 6.78. The van der Waals surface area contributed by atoms with Gasteiger partial charge in [-0.3, -0.25) is 9.48 Å². The molecule has 5 nitrogen and oxygen atoms in total. The van der Waals surface area contributed by atoms with Crippen molar-refractivity contribution in [2.24, 2.45) is 0 Å². The van der Waals surface area contributed by atoms with Crippen LogP contribution in [0.25, 0.3) is 0 Å². The smallest absolute Gasteiger partial charge is 0.404 e. The lowest BCUT2D eigenvalue weighted by atomic mass is 10.1. The van der Waals surface area contributed by atoms with E-state index in [-0.39, 0.29) is 17.0 Å². The Balaban J connectivity index is 1.94. The van der Waals surface area contributed by atoms with Gasteiger partial charge in [0.05, 0.1) is 20.8 Å². The maximum absolute atomic E-state index is 12.7. The average Bonchev–Trinajstić information content (AvgIpc) is 2.86. The minimum absolute atomic E-state index is 0.0777. The fraction of sp³-hybridized carbons (Fsp3) is 0.286. The lowest BCUT2D eigenvalue weighted by molar-refractivity contribution is -0.274. The number of ether oxygens (including phenoxy) is 1. The number of amides is 1. The third-order valence-corrected chi connectivity index (χ3v) is 4.60. The van der Waals surface area contributed by atoms with Crippen LogP contribution in [0.1, 0.15) is 23.5 Å². The van der Waals surface area contributed by atoms with Gasteiger partial charge in [0.1, 0.15) is 11.4 Å². The molecule has 0 N–H and O–H groups in total. The van der Waals surface area contributed by atoms with E-state index in [1.54, 1.807) is 10.9 Å². The highest BCUT2D eigenvalue weighted by Gasteiger charge is 2.34. The van der Waals surface area contributed by atoms with Crippen LogP contribution in [0.5, 0.6) is 5.75 Å². The van der Waals surface area contributed by atoms with Gasteiger partial charge < -0.3 is 9.64 Å². The summed E-state index contributed by atoms with van der Waals surface area (Å²) in [5.74, 6) is -0.791. The molecule has 0 saturated heterocycles. The first-order valence-electron chi connectivity index (χ1n) is 6.77. The van der Waals surface area contributed by atoms with Crippen LogP contribution >= 0.6 is 34.2 Å². The molecule has 128 valence electrons. The van der Waals surface area contributed by atoms with Gasteiger partial charge >= 0.3 is 6.36 Å². The molecule has 1 aliphatic heterocycles. The van der Waals surface area contributed by atoms with Gasteiger partial charge in [-0.2, -0.15) is 5.10 Å². The van der Waals surface area contributed by atoms with E-state index in [2.05, 4.69) is 9.84 Å². The molecule has 0 fully saturated rings. The monoisotopic (exact) mass is 471 g/mol. The second-order valence-electron chi connectivity index (χ2n) is 5.21. The van der Waals surface area contributed by atoms with Gasteiger partial charge in [0.25, 0.3) is 5.91 Å². The highest BCUT2D eigenvalue weighted by molar-refractivity contribution is 14.1. The molecule has 0 bridgehead atoms. The summed E-state index contributed by atoms with van der Waals surface area (Å²) in [7, 11) is 0. The van der Waals surface area contributed by atoms with Crippen LogP contribution in [0.3, 0.4) is 0 Å². The number of hydrogen-bond donors (Lipinski definition) is 0. The molecular formula is C14H10ClF3IN3O2. The maximum atomic E-state index is 12.7. The van der Waals surface area contributed by atoms with Crippen molar-refractivity contribution in [3.05, 3.63) is 38.7 Å². The highest BCUT2D eigenvalue weighted by Crippen LogP contribution is 2.35. The van der Waals surface area contributed by atoms with Crippen molar-refractivity contribution in [3.8, 4) is 5.75 Å². The van der Waals surface area contributed by atoms with Crippen molar-refractivity contribution in [2.45, 2.75) is 19.3 Å². The van der Waals surface area contributed by atoms with E-state index in [0.29, 0.717) is 21.5 Å². The molecule has 1 aromatic heterocycles. The Bertz CT molecular complexity index is 809. The van der Waals surface area contributed by atoms with Crippen LogP contribution in [0.2, 0.25) is 5.02 Å². The molecule has 1 aromatic carbocycles. The van der Waals surface area contributed by atoms with Gasteiger partial charge in [-0.1, -0.05) is 11.6 Å². The van der Waals surface area contributed by atoms with Crippen LogP contribution in [-0.4, -0.2) is 28.6 Å². The summed E-state index contributed by atoms with van der Waals surface area (Å²) < 4.78 is 43.1. The Morgan fingerprint density at radius 1 is 1.42 bits per heavy atom. The Kier molecular flexibility index (Phi) is 4.41. The van der Waals surface area contributed by atoms with Gasteiger partial charge in [-0.25, -0.2) is 0 Å². The lowest BCUT2D eigenvalue weighted by Crippen LogP contribution is -2.43. The molecular weight excluding hydrogens is 462 g/mol. The molecule has 0 unspecified atom stereocenters. The second kappa shape index (κ2) is 6.10. The largest absolute Gasteiger partial charge is 0.573 e. The highest BCUT2D eigenvalue weighted by atomic mass is 127. The van der Waals surface area contributed by atoms with E-state index < -0.39 is 12.1 Å². The standard InChI is InChI=1S/C14H10ClF3IN3O2/c1-7-6-21(13(23)12-10(19)5-20-22(7)12)8-2-3-11(9(15)4-8)24-14(16,17)18/h2-5,7H,6H2,1H3/t7-/m0/s1. The van der Waals surface area contributed by atoms with Crippen molar-refractivity contribution in [2.75, 3.05) is 11.4 Å². The normalized spacial score (nSPS) is 17.8. The quantitative estimate of drug-likeness (QED) is 0.615. The number of alkyl halides is 3. The number of carbonyl (C=O) groups excluding carboxylic acids is 1. The van der Waals surface area contributed by atoms with Crippen LogP contribution < -0.4 is 9.64 Å². The third kappa shape index (κ3) is 3.18. The predicted molar refractivity (Wildman–Crippen MR) is 89.5 cm³/mol. The number of hydrogen-bond acceptors (Lipinski definition) is 3. The van der Waals surface area contributed by atoms with Gasteiger partial charge in [-0.15, -0.1) is 13.2 Å². The first-order valence-corrected chi connectivity index (χ1v) is 8.23. The number of nitrogens with zero attached hydrogens (tertiary/aromatic N) is 3. The van der Waals surface area contributed by atoms with Gasteiger partial charge in [0.15, 0.2) is 0 Å². The average molecular weight is 472 g/mol. The van der Waals surface area contributed by atoms with Crippen molar-refractivity contribution in [1.29, 1.82) is 0 Å². The molecule has 24 heavy (non-hydrogen) atoms. The van der Waals surface area contributed by atoms with Crippen molar-refractivity contribution in [1.82, 2.24) is 9.78 Å². The zero-order valence-corrected chi connectivity index (χ0v) is 15.1. The number of rotatable bonds is 2. The van der Waals surface area contributed by atoms with E-state index >= 15 is 0 Å². The topological polar surface area (TPSA) is 47.4 Å². The van der Waals surface area contributed by atoms with Crippen molar-refractivity contribution < 1.29 is 22.7 Å². The van der Waals surface area contributed by atoms with Crippen LogP contribution in [0, 0.1) is 3.57 Å². The van der Waals surface area contributed by atoms with Gasteiger partial charge in [0, 0.05) is 12.2 Å². The summed E-state index contributed by atoms with van der Waals surface area (Å²) in [5, 5.41) is 3.96. The summed E-state index contributed by atoms with van der Waals surface area (Å²) in [6.07, 6.45) is -3.23. The Morgan fingerprint density at radius 3 is 2.75 bits per heavy atom. The zero-order chi connectivity index (χ0) is 17.6. The van der Waals surface area contributed by atoms with Crippen LogP contribution in [0.4, 0.5) is 18.9 Å². The summed E-state index contributed by atoms with van der Waals surface area (Å²) in [6, 6.07) is 3.67. The minimum atomic E-state index is -4.83.